The highest BCUT2D eigenvalue weighted by atomic mass is 16.5. The Morgan fingerprint density at radius 1 is 0.675 bits per heavy atom. The molecule has 1 saturated heterocycles. The molecule has 2 aromatic rings. The lowest BCUT2D eigenvalue weighted by Gasteiger charge is -2.28. The molecular weight excluding hydrogens is 488 g/mol. The van der Waals surface area contributed by atoms with Crippen molar-refractivity contribution in [3.63, 3.8) is 0 Å². The third-order valence-electron chi connectivity index (χ3n) is 10.6. The maximum atomic E-state index is 6.40. The molecule has 0 bridgehead atoms. The second-order valence-corrected chi connectivity index (χ2v) is 13.4. The lowest BCUT2D eigenvalue weighted by atomic mass is 9.79. The van der Waals surface area contributed by atoms with Gasteiger partial charge in [-0.1, -0.05) is 106 Å². The Bertz CT molecular complexity index is 997. The van der Waals surface area contributed by atoms with E-state index in [0.29, 0.717) is 18.0 Å². The summed E-state index contributed by atoms with van der Waals surface area (Å²) in [5.41, 5.74) is 5.95. The van der Waals surface area contributed by atoms with E-state index >= 15 is 0 Å². The Morgan fingerprint density at radius 2 is 1.15 bits per heavy atom. The van der Waals surface area contributed by atoms with Crippen LogP contribution in [0.25, 0.3) is 0 Å². The molecule has 0 unspecified atom stereocenters. The van der Waals surface area contributed by atoms with Crippen LogP contribution in [0.15, 0.2) is 61.0 Å². The fourth-order valence-electron chi connectivity index (χ4n) is 8.27. The van der Waals surface area contributed by atoms with E-state index in [1.54, 1.807) is 11.1 Å². The highest BCUT2D eigenvalue weighted by Crippen LogP contribution is 2.38. The number of benzene rings is 2. The van der Waals surface area contributed by atoms with E-state index in [9.17, 15) is 0 Å². The molecule has 1 heterocycles. The molecule has 4 fully saturated rings. The predicted molar refractivity (Wildman–Crippen MR) is 167 cm³/mol. The third-order valence-corrected chi connectivity index (χ3v) is 10.6. The Labute approximate surface area is 243 Å². The Hall–Kier alpha value is -2.26. The average Bonchev–Trinajstić information content (AvgIpc) is 3.47. The second-order valence-electron chi connectivity index (χ2n) is 13.4. The SMILES string of the molecule is C=C(NC1CCCCC1)O[C@H]1CN[C@@H](C(c2ccc(C3CCCCC3)cc2)c2ccc(C3CCCCC3)cc2)C1. The summed E-state index contributed by atoms with van der Waals surface area (Å²) in [6.45, 7) is 5.13. The van der Waals surface area contributed by atoms with Gasteiger partial charge in [0.2, 0.25) is 0 Å². The van der Waals surface area contributed by atoms with Crippen LogP contribution < -0.4 is 10.6 Å². The molecule has 2 N–H and O–H groups in total. The molecule has 3 nitrogen and oxygen atoms in total. The van der Waals surface area contributed by atoms with Crippen LogP contribution in [0.3, 0.4) is 0 Å². The molecule has 0 aromatic heterocycles. The van der Waals surface area contributed by atoms with Gasteiger partial charge in [-0.3, -0.25) is 0 Å². The van der Waals surface area contributed by atoms with Crippen LogP contribution in [0.1, 0.15) is 143 Å². The lowest BCUT2D eigenvalue weighted by Crippen LogP contribution is -2.32. The first-order chi connectivity index (χ1) is 19.7. The molecule has 2 atom stereocenters. The van der Waals surface area contributed by atoms with E-state index in [2.05, 4.69) is 65.7 Å². The van der Waals surface area contributed by atoms with Crippen molar-refractivity contribution < 1.29 is 4.74 Å². The number of rotatable bonds is 9. The van der Waals surface area contributed by atoms with Gasteiger partial charge in [-0.25, -0.2) is 0 Å². The maximum Gasteiger partial charge on any atom is 0.179 e. The van der Waals surface area contributed by atoms with Gasteiger partial charge < -0.3 is 15.4 Å². The first kappa shape index (κ1) is 27.9. The maximum absolute atomic E-state index is 6.40. The van der Waals surface area contributed by atoms with Gasteiger partial charge in [0.25, 0.3) is 0 Å². The van der Waals surface area contributed by atoms with Crippen LogP contribution in [0.4, 0.5) is 0 Å². The summed E-state index contributed by atoms with van der Waals surface area (Å²) in [4.78, 5) is 0. The molecule has 3 saturated carbocycles. The van der Waals surface area contributed by atoms with Gasteiger partial charge in [0.15, 0.2) is 5.88 Å². The summed E-state index contributed by atoms with van der Waals surface area (Å²) in [6, 6.07) is 20.4. The van der Waals surface area contributed by atoms with Crippen LogP contribution in [-0.2, 0) is 4.74 Å². The largest absolute Gasteiger partial charge is 0.475 e. The Kier molecular flexibility index (Phi) is 9.48. The van der Waals surface area contributed by atoms with Crippen molar-refractivity contribution in [1.82, 2.24) is 10.6 Å². The molecule has 1 aliphatic heterocycles. The van der Waals surface area contributed by atoms with Gasteiger partial charge >= 0.3 is 0 Å². The van der Waals surface area contributed by atoms with Gasteiger partial charge in [0.05, 0.1) is 0 Å². The normalized spacial score (nSPS) is 25.2. The van der Waals surface area contributed by atoms with E-state index in [4.69, 9.17) is 4.74 Å². The predicted octanol–water partition coefficient (Wildman–Crippen LogP) is 9.05. The summed E-state index contributed by atoms with van der Waals surface area (Å²) in [6.07, 6.45) is 21.4. The van der Waals surface area contributed by atoms with Crippen LogP contribution in [0.5, 0.6) is 0 Å². The molecule has 0 spiro atoms. The molecule has 40 heavy (non-hydrogen) atoms. The van der Waals surface area contributed by atoms with Crippen LogP contribution in [0.2, 0.25) is 0 Å². The number of nitrogens with one attached hydrogen (secondary N) is 2. The Balaban J connectivity index is 1.17. The molecular formula is C37H52N2O. The van der Waals surface area contributed by atoms with Crippen LogP contribution in [-0.4, -0.2) is 24.7 Å². The first-order valence-corrected chi connectivity index (χ1v) is 16.8. The zero-order valence-electron chi connectivity index (χ0n) is 24.7. The number of hydrogen-bond donors (Lipinski definition) is 2. The van der Waals surface area contributed by atoms with Gasteiger partial charge in [0, 0.05) is 31.0 Å². The quantitative estimate of drug-likeness (QED) is 0.311. The van der Waals surface area contributed by atoms with Gasteiger partial charge in [0.1, 0.15) is 6.10 Å². The summed E-state index contributed by atoms with van der Waals surface area (Å²) in [5, 5.41) is 7.46. The fourth-order valence-corrected chi connectivity index (χ4v) is 8.27. The standard InChI is InChI=1S/C37H52N2O/c1-27(39-34-15-9-4-10-16-34)40-35-25-36(38-26-35)37(32-21-17-30(18-22-32)28-11-5-2-6-12-28)33-23-19-31(20-24-33)29-13-7-3-8-14-29/h17-24,28-29,34-39H,1-16,25-26H2/t35-,36-/m1/s1. The van der Waals surface area contributed by atoms with E-state index in [0.717, 1.165) is 30.7 Å². The molecule has 0 radical (unpaired) electrons. The molecule has 6 rings (SSSR count). The van der Waals surface area contributed by atoms with Gasteiger partial charge in [-0.15, -0.1) is 0 Å². The topological polar surface area (TPSA) is 33.3 Å². The Morgan fingerprint density at radius 3 is 1.65 bits per heavy atom. The summed E-state index contributed by atoms with van der Waals surface area (Å²) < 4.78 is 6.40. The minimum Gasteiger partial charge on any atom is -0.475 e. The van der Waals surface area contributed by atoms with Crippen molar-refractivity contribution in [3.05, 3.63) is 83.2 Å². The number of hydrogen-bond acceptors (Lipinski definition) is 3. The average molecular weight is 541 g/mol. The molecule has 4 aliphatic rings. The fraction of sp³-hybridized carbons (Fsp3) is 0.622. The summed E-state index contributed by atoms with van der Waals surface area (Å²) >= 11 is 0. The van der Waals surface area contributed by atoms with E-state index in [1.807, 2.05) is 0 Å². The van der Waals surface area contributed by atoms with Crippen molar-refractivity contribution in [2.24, 2.45) is 0 Å². The van der Waals surface area contributed by atoms with Crippen LogP contribution in [0, 0.1) is 0 Å². The van der Waals surface area contributed by atoms with Crippen LogP contribution >= 0.6 is 0 Å². The first-order valence-electron chi connectivity index (χ1n) is 16.8. The molecule has 3 heteroatoms. The van der Waals surface area contributed by atoms with Gasteiger partial charge in [-0.05, 0) is 79.2 Å². The zero-order chi connectivity index (χ0) is 27.1. The van der Waals surface area contributed by atoms with Gasteiger partial charge in [-0.2, -0.15) is 0 Å². The van der Waals surface area contributed by atoms with Crippen molar-refractivity contribution in [2.45, 2.75) is 139 Å². The smallest absolute Gasteiger partial charge is 0.179 e. The second kappa shape index (κ2) is 13.6. The van der Waals surface area contributed by atoms with Crippen molar-refractivity contribution in [1.29, 1.82) is 0 Å². The molecule has 2 aromatic carbocycles. The molecule has 3 aliphatic carbocycles. The highest BCUT2D eigenvalue weighted by molar-refractivity contribution is 5.39. The van der Waals surface area contributed by atoms with Crippen molar-refractivity contribution in [2.75, 3.05) is 6.54 Å². The zero-order valence-corrected chi connectivity index (χ0v) is 24.7. The van der Waals surface area contributed by atoms with E-state index in [1.165, 1.54) is 107 Å². The van der Waals surface area contributed by atoms with Crippen molar-refractivity contribution in [3.8, 4) is 0 Å². The minimum atomic E-state index is 0.166. The van der Waals surface area contributed by atoms with E-state index < -0.39 is 0 Å². The number of ether oxygens (including phenoxy) is 1. The summed E-state index contributed by atoms with van der Waals surface area (Å²) in [5.74, 6) is 2.60. The van der Waals surface area contributed by atoms with E-state index in [-0.39, 0.29) is 6.10 Å². The lowest BCUT2D eigenvalue weighted by molar-refractivity contribution is 0.108. The minimum absolute atomic E-state index is 0.166. The molecule has 216 valence electrons. The summed E-state index contributed by atoms with van der Waals surface area (Å²) in [7, 11) is 0. The van der Waals surface area contributed by atoms with Crippen molar-refractivity contribution >= 4 is 0 Å². The molecule has 0 amide bonds. The third kappa shape index (κ3) is 6.96. The monoisotopic (exact) mass is 540 g/mol. The highest BCUT2D eigenvalue weighted by Gasteiger charge is 2.34.